The van der Waals surface area contributed by atoms with Crippen LogP contribution in [0, 0.1) is 5.92 Å². The average Bonchev–Trinajstić information content (AvgIpc) is 2.63. The highest BCUT2D eigenvalue weighted by Crippen LogP contribution is 2.25. The van der Waals surface area contributed by atoms with Gasteiger partial charge in [0.25, 0.3) is 0 Å². The largest absolute Gasteiger partial charge is 0.326 e. The minimum Gasteiger partial charge on any atom is -0.326 e. The summed E-state index contributed by atoms with van der Waals surface area (Å²) in [5, 5.41) is 3.78. The van der Waals surface area contributed by atoms with E-state index in [0.717, 1.165) is 13.1 Å². The second-order valence-electron chi connectivity index (χ2n) is 5.01. The van der Waals surface area contributed by atoms with Gasteiger partial charge in [0.2, 0.25) is 5.91 Å². The number of nitrogens with one attached hydrogen (secondary N) is 1. The third kappa shape index (κ3) is 3.83. The van der Waals surface area contributed by atoms with Crippen molar-refractivity contribution in [2.24, 2.45) is 11.7 Å². The first-order chi connectivity index (χ1) is 8.95. The Kier molecular flexibility index (Phi) is 4.68. The lowest BCUT2D eigenvalue weighted by atomic mass is 10.1. The molecule has 0 saturated carbocycles. The third-order valence-electron chi connectivity index (χ3n) is 3.32. The van der Waals surface area contributed by atoms with Gasteiger partial charge < -0.3 is 11.1 Å². The van der Waals surface area contributed by atoms with Crippen molar-refractivity contribution in [3.8, 4) is 0 Å². The van der Waals surface area contributed by atoms with Crippen molar-refractivity contribution in [1.82, 2.24) is 4.90 Å². The van der Waals surface area contributed by atoms with Crippen LogP contribution in [-0.4, -0.2) is 36.5 Å². The molecule has 2 atom stereocenters. The van der Waals surface area contributed by atoms with E-state index < -0.39 is 0 Å². The zero-order valence-electron chi connectivity index (χ0n) is 10.7. The summed E-state index contributed by atoms with van der Waals surface area (Å²) in [4.78, 5) is 14.0. The normalized spacial score (nSPS) is 23.6. The smallest absolute Gasteiger partial charge is 0.238 e. The summed E-state index contributed by atoms with van der Waals surface area (Å²) in [5.74, 6) is 0.313. The molecule has 1 saturated heterocycles. The Hall–Kier alpha value is -0.810. The molecule has 2 rings (SSSR count). The van der Waals surface area contributed by atoms with Gasteiger partial charge in [-0.1, -0.05) is 30.1 Å². The Morgan fingerprint density at radius 1 is 1.47 bits per heavy atom. The van der Waals surface area contributed by atoms with E-state index in [2.05, 4.69) is 12.2 Å². The summed E-state index contributed by atoms with van der Waals surface area (Å²) in [6.45, 7) is 4.01. The Bertz CT molecular complexity index is 471. The highest BCUT2D eigenvalue weighted by atomic mass is 35.5. The molecule has 2 unspecified atom stereocenters. The van der Waals surface area contributed by atoms with Crippen LogP contribution < -0.4 is 11.1 Å². The van der Waals surface area contributed by atoms with Crippen LogP contribution in [0.1, 0.15) is 6.92 Å². The molecule has 1 amide bonds. The fourth-order valence-corrected chi connectivity index (χ4v) is 2.55. The first kappa shape index (κ1) is 14.6. The number of amides is 1. The van der Waals surface area contributed by atoms with E-state index in [0.29, 0.717) is 28.2 Å². The van der Waals surface area contributed by atoms with Crippen molar-refractivity contribution >= 4 is 34.8 Å². The molecule has 0 spiro atoms. The molecule has 0 radical (unpaired) electrons. The lowest BCUT2D eigenvalue weighted by Gasteiger charge is -2.15. The molecule has 1 aromatic carbocycles. The topological polar surface area (TPSA) is 58.4 Å². The van der Waals surface area contributed by atoms with Crippen LogP contribution in [0.5, 0.6) is 0 Å². The second kappa shape index (κ2) is 6.09. The molecule has 0 bridgehead atoms. The van der Waals surface area contributed by atoms with Gasteiger partial charge in [-0.2, -0.15) is 0 Å². The molecule has 1 heterocycles. The standard InChI is InChI=1S/C13H17Cl2N3O/c1-8-5-18(6-11(8)16)7-13(19)17-12-4-9(14)2-3-10(12)15/h2-4,8,11H,5-7,16H2,1H3,(H,17,19). The van der Waals surface area contributed by atoms with Gasteiger partial charge in [-0.25, -0.2) is 0 Å². The molecule has 1 aliphatic rings. The highest BCUT2D eigenvalue weighted by Gasteiger charge is 2.27. The third-order valence-corrected chi connectivity index (χ3v) is 3.88. The van der Waals surface area contributed by atoms with E-state index >= 15 is 0 Å². The van der Waals surface area contributed by atoms with E-state index in [4.69, 9.17) is 28.9 Å². The maximum Gasteiger partial charge on any atom is 0.238 e. The number of nitrogens with zero attached hydrogens (tertiary/aromatic N) is 1. The lowest BCUT2D eigenvalue weighted by molar-refractivity contribution is -0.117. The molecule has 0 aromatic heterocycles. The van der Waals surface area contributed by atoms with E-state index in [1.165, 1.54) is 0 Å². The molecule has 104 valence electrons. The van der Waals surface area contributed by atoms with Crippen molar-refractivity contribution in [2.75, 3.05) is 25.0 Å². The van der Waals surface area contributed by atoms with Crippen molar-refractivity contribution < 1.29 is 4.79 Å². The molecule has 1 aromatic rings. The quantitative estimate of drug-likeness (QED) is 0.900. The molecular weight excluding hydrogens is 285 g/mol. The van der Waals surface area contributed by atoms with E-state index in [9.17, 15) is 4.79 Å². The SMILES string of the molecule is CC1CN(CC(=O)Nc2cc(Cl)ccc2Cl)CC1N. The summed E-state index contributed by atoms with van der Waals surface area (Å²) >= 11 is 11.9. The van der Waals surface area contributed by atoms with Crippen molar-refractivity contribution in [1.29, 1.82) is 0 Å². The van der Waals surface area contributed by atoms with Gasteiger partial charge in [-0.05, 0) is 24.1 Å². The molecule has 1 aliphatic heterocycles. The van der Waals surface area contributed by atoms with Gasteiger partial charge in [0.1, 0.15) is 0 Å². The number of carbonyl (C=O) groups is 1. The number of likely N-dealkylation sites (tertiary alicyclic amines) is 1. The van der Waals surface area contributed by atoms with Gasteiger partial charge in [0.05, 0.1) is 17.3 Å². The maximum absolute atomic E-state index is 11.9. The van der Waals surface area contributed by atoms with Crippen molar-refractivity contribution in [2.45, 2.75) is 13.0 Å². The number of benzene rings is 1. The van der Waals surface area contributed by atoms with Gasteiger partial charge in [-0.15, -0.1) is 0 Å². The highest BCUT2D eigenvalue weighted by molar-refractivity contribution is 6.35. The fraction of sp³-hybridized carbons (Fsp3) is 0.462. The Morgan fingerprint density at radius 3 is 2.84 bits per heavy atom. The number of hydrogen-bond acceptors (Lipinski definition) is 3. The minimum atomic E-state index is -0.106. The lowest BCUT2D eigenvalue weighted by Crippen LogP contribution is -2.33. The zero-order chi connectivity index (χ0) is 14.0. The van der Waals surface area contributed by atoms with Crippen LogP contribution in [0.3, 0.4) is 0 Å². The molecule has 6 heteroatoms. The van der Waals surface area contributed by atoms with E-state index in [1.807, 2.05) is 4.90 Å². The summed E-state index contributed by atoms with van der Waals surface area (Å²) in [6, 6.07) is 5.12. The molecule has 19 heavy (non-hydrogen) atoms. The van der Waals surface area contributed by atoms with Crippen LogP contribution in [0.15, 0.2) is 18.2 Å². The zero-order valence-corrected chi connectivity index (χ0v) is 12.2. The molecule has 3 N–H and O–H groups in total. The number of anilines is 1. The van der Waals surface area contributed by atoms with Gasteiger partial charge in [-0.3, -0.25) is 9.69 Å². The van der Waals surface area contributed by atoms with Crippen LogP contribution in [0.2, 0.25) is 10.0 Å². The summed E-state index contributed by atoms with van der Waals surface area (Å²) in [6.07, 6.45) is 0. The number of halogens is 2. The fourth-order valence-electron chi connectivity index (χ4n) is 2.21. The van der Waals surface area contributed by atoms with Crippen LogP contribution in [0.25, 0.3) is 0 Å². The number of hydrogen-bond donors (Lipinski definition) is 2. The first-order valence-electron chi connectivity index (χ1n) is 6.18. The second-order valence-corrected chi connectivity index (χ2v) is 5.85. The predicted octanol–water partition coefficient (Wildman–Crippen LogP) is 2.21. The summed E-state index contributed by atoms with van der Waals surface area (Å²) in [5.41, 5.74) is 6.47. The minimum absolute atomic E-state index is 0.106. The van der Waals surface area contributed by atoms with Gasteiger partial charge in [0, 0.05) is 24.2 Å². The van der Waals surface area contributed by atoms with Gasteiger partial charge >= 0.3 is 0 Å². The van der Waals surface area contributed by atoms with Crippen LogP contribution in [0.4, 0.5) is 5.69 Å². The van der Waals surface area contributed by atoms with Gasteiger partial charge in [0.15, 0.2) is 0 Å². The molecular formula is C13H17Cl2N3O. The Morgan fingerprint density at radius 2 is 2.21 bits per heavy atom. The monoisotopic (exact) mass is 301 g/mol. The number of nitrogens with two attached hydrogens (primary N) is 1. The molecule has 1 fully saturated rings. The Balaban J connectivity index is 1.93. The Labute approximate surface area is 122 Å². The molecule has 0 aliphatic carbocycles. The molecule has 4 nitrogen and oxygen atoms in total. The first-order valence-corrected chi connectivity index (χ1v) is 6.94. The van der Waals surface area contributed by atoms with Crippen molar-refractivity contribution in [3.05, 3.63) is 28.2 Å². The average molecular weight is 302 g/mol. The van der Waals surface area contributed by atoms with E-state index in [1.54, 1.807) is 18.2 Å². The van der Waals surface area contributed by atoms with E-state index in [-0.39, 0.29) is 11.9 Å². The maximum atomic E-state index is 11.9. The summed E-state index contributed by atoms with van der Waals surface area (Å²) < 4.78 is 0. The van der Waals surface area contributed by atoms with Crippen molar-refractivity contribution in [3.63, 3.8) is 0 Å². The summed E-state index contributed by atoms with van der Waals surface area (Å²) in [7, 11) is 0. The predicted molar refractivity (Wildman–Crippen MR) is 78.7 cm³/mol. The number of rotatable bonds is 3. The number of carbonyl (C=O) groups excluding carboxylic acids is 1. The van der Waals surface area contributed by atoms with Crippen LogP contribution in [-0.2, 0) is 4.79 Å². The van der Waals surface area contributed by atoms with Crippen LogP contribution >= 0.6 is 23.2 Å².